The molecule has 0 N–H and O–H groups in total. The molecule has 1 nitrogen and oxygen atoms in total. The number of hydrogen-bond donors (Lipinski definition) is 0. The van der Waals surface area contributed by atoms with Crippen LogP contribution < -0.4 is 5.46 Å². The molecule has 0 saturated carbocycles. The van der Waals surface area contributed by atoms with Gasteiger partial charge in [0.15, 0.2) is 0 Å². The second kappa shape index (κ2) is 5.94. The first-order chi connectivity index (χ1) is 15.8. The van der Waals surface area contributed by atoms with Gasteiger partial charge in [-0.2, -0.15) is 0 Å². The quantitative estimate of drug-likeness (QED) is 0.272. The van der Waals surface area contributed by atoms with Gasteiger partial charge in [0, 0.05) is 0 Å². The van der Waals surface area contributed by atoms with Crippen LogP contribution in [-0.2, 0) is 10.8 Å². The third-order valence-corrected chi connectivity index (χ3v) is 8.31. The number of benzene rings is 4. The summed E-state index contributed by atoms with van der Waals surface area (Å²) in [6.07, 6.45) is 0. The molecule has 33 heavy (non-hydrogen) atoms. The minimum atomic E-state index is -0.0765. The molecule has 0 saturated heterocycles. The normalized spacial score (nSPS) is 16.4. The molecule has 0 spiro atoms. The van der Waals surface area contributed by atoms with Crippen molar-refractivity contribution in [2.45, 2.75) is 38.5 Å². The SMILES string of the molecule is C=Bc1cc2c3c(c1)c1cc4c(cc1n3-c1ccccc1C2(C)C)-c1ccccc1C4(C)C. The number of nitrogens with zero attached hydrogens (tertiary/aromatic N) is 1. The van der Waals surface area contributed by atoms with E-state index in [0.29, 0.717) is 0 Å². The summed E-state index contributed by atoms with van der Waals surface area (Å²) < 4.78 is 2.52. The van der Waals surface area contributed by atoms with Gasteiger partial charge in [0.05, 0.1) is 0 Å². The van der Waals surface area contributed by atoms with Crippen molar-refractivity contribution in [3.8, 4) is 16.8 Å². The topological polar surface area (TPSA) is 4.93 Å². The molecule has 1 aliphatic carbocycles. The standard InChI is InChI=1S/C31H26BN/c1-30(2)23-11-7-6-10-19(23)20-17-28-21(16-25(20)30)22-14-18(32-5)15-26-29(22)33(28)27-13-9-8-12-24(27)31(26,3)4/h6-17H,5H2,1-4H3. The van der Waals surface area contributed by atoms with Crippen molar-refractivity contribution in [2.75, 3.05) is 0 Å². The fraction of sp³-hybridized carbons (Fsp3) is 0.194. The molecule has 5 aromatic rings. The van der Waals surface area contributed by atoms with E-state index in [-0.39, 0.29) is 10.8 Å². The number of para-hydroxylation sites is 1. The number of rotatable bonds is 1. The van der Waals surface area contributed by atoms with Crippen LogP contribution in [0.15, 0.2) is 72.8 Å². The van der Waals surface area contributed by atoms with Gasteiger partial charge in [0.2, 0.25) is 0 Å². The van der Waals surface area contributed by atoms with Crippen LogP contribution in [0.5, 0.6) is 0 Å². The number of fused-ring (bicyclic) bond motifs is 8. The van der Waals surface area contributed by atoms with Gasteiger partial charge in [0.25, 0.3) is 0 Å². The van der Waals surface area contributed by atoms with Crippen LogP contribution in [0.25, 0.3) is 38.6 Å². The fourth-order valence-electron chi connectivity index (χ4n) is 6.55. The first kappa shape index (κ1) is 19.1. The molecule has 4 aromatic carbocycles. The van der Waals surface area contributed by atoms with Crippen molar-refractivity contribution in [3.05, 3.63) is 95.1 Å². The van der Waals surface area contributed by atoms with E-state index < -0.39 is 0 Å². The fourth-order valence-corrected chi connectivity index (χ4v) is 6.55. The summed E-state index contributed by atoms with van der Waals surface area (Å²) in [7, 11) is 0. The van der Waals surface area contributed by atoms with Gasteiger partial charge in [-0.1, -0.05) is 0 Å². The molecule has 0 amide bonds. The predicted molar refractivity (Wildman–Crippen MR) is 143 cm³/mol. The summed E-state index contributed by atoms with van der Waals surface area (Å²) in [5.41, 5.74) is 13.4. The zero-order chi connectivity index (χ0) is 22.7. The summed E-state index contributed by atoms with van der Waals surface area (Å²) in [5.74, 6) is 0. The van der Waals surface area contributed by atoms with E-state index in [4.69, 9.17) is 0 Å². The van der Waals surface area contributed by atoms with Gasteiger partial charge < -0.3 is 0 Å². The van der Waals surface area contributed by atoms with Crippen LogP contribution in [0.2, 0.25) is 0 Å². The van der Waals surface area contributed by atoms with E-state index in [1.165, 1.54) is 66.3 Å². The summed E-state index contributed by atoms with van der Waals surface area (Å²) in [5, 5.41) is 2.66. The molecule has 0 atom stereocenters. The van der Waals surface area contributed by atoms with E-state index in [1.54, 1.807) is 0 Å². The van der Waals surface area contributed by atoms with Crippen LogP contribution in [0.3, 0.4) is 0 Å². The molecule has 1 aliphatic heterocycles. The van der Waals surface area contributed by atoms with Crippen molar-refractivity contribution >= 4 is 40.7 Å². The van der Waals surface area contributed by atoms with Gasteiger partial charge in [0.1, 0.15) is 0 Å². The molecular weight excluding hydrogens is 397 g/mol. The van der Waals surface area contributed by atoms with Crippen LogP contribution in [0.4, 0.5) is 0 Å². The molecule has 2 heteroatoms. The Labute approximate surface area is 195 Å². The Morgan fingerprint density at radius 3 is 2.15 bits per heavy atom. The van der Waals surface area contributed by atoms with E-state index in [1.807, 2.05) is 6.92 Å². The third-order valence-electron chi connectivity index (χ3n) is 8.31. The molecular formula is C31H26BN. The van der Waals surface area contributed by atoms with Crippen LogP contribution in [0, 0.1) is 0 Å². The maximum atomic E-state index is 4.11. The van der Waals surface area contributed by atoms with E-state index >= 15 is 0 Å². The van der Waals surface area contributed by atoms with E-state index in [9.17, 15) is 0 Å². The van der Waals surface area contributed by atoms with Crippen molar-refractivity contribution < 1.29 is 0 Å². The molecule has 2 aliphatic rings. The maximum absolute atomic E-state index is 4.11. The molecule has 2 heterocycles. The summed E-state index contributed by atoms with van der Waals surface area (Å²) in [6, 6.07) is 27.4. The Morgan fingerprint density at radius 2 is 1.36 bits per heavy atom. The van der Waals surface area contributed by atoms with Crippen LogP contribution in [-0.4, -0.2) is 18.0 Å². The van der Waals surface area contributed by atoms with Crippen LogP contribution in [0.1, 0.15) is 49.9 Å². The monoisotopic (exact) mass is 423 g/mol. The zero-order valence-corrected chi connectivity index (χ0v) is 19.7. The Hall–Kier alpha value is -3.39. The average molecular weight is 423 g/mol. The van der Waals surface area contributed by atoms with Crippen molar-refractivity contribution in [3.63, 3.8) is 0 Å². The van der Waals surface area contributed by atoms with Gasteiger partial charge in [-0.15, -0.1) is 0 Å². The van der Waals surface area contributed by atoms with E-state index in [0.717, 1.165) is 0 Å². The molecule has 0 unspecified atom stereocenters. The molecule has 0 radical (unpaired) electrons. The number of aromatic nitrogens is 1. The van der Waals surface area contributed by atoms with E-state index in [2.05, 4.69) is 112 Å². The number of hydrogen-bond acceptors (Lipinski definition) is 0. The molecule has 0 fully saturated rings. The first-order valence-electron chi connectivity index (χ1n) is 11.8. The van der Waals surface area contributed by atoms with Gasteiger partial charge in [-0.05, 0) is 0 Å². The summed E-state index contributed by atoms with van der Waals surface area (Å²) in [4.78, 5) is 0. The summed E-state index contributed by atoms with van der Waals surface area (Å²) >= 11 is 0. The minimum absolute atomic E-state index is 0.00915. The Balaban J connectivity index is 1.73. The molecule has 0 bridgehead atoms. The van der Waals surface area contributed by atoms with Crippen molar-refractivity contribution in [1.82, 2.24) is 4.57 Å². The van der Waals surface area contributed by atoms with Crippen molar-refractivity contribution in [2.24, 2.45) is 0 Å². The second-order valence-corrected chi connectivity index (χ2v) is 10.7. The Kier molecular flexibility index (Phi) is 3.44. The van der Waals surface area contributed by atoms with Gasteiger partial charge in [-0.25, -0.2) is 0 Å². The average Bonchev–Trinajstić information content (AvgIpc) is 3.26. The van der Waals surface area contributed by atoms with Gasteiger partial charge in [-0.3, -0.25) is 0 Å². The molecule has 158 valence electrons. The van der Waals surface area contributed by atoms with Crippen LogP contribution >= 0.6 is 0 Å². The predicted octanol–water partition coefficient (Wildman–Crippen LogP) is 6.49. The Bertz CT molecular complexity index is 1680. The molecule has 7 rings (SSSR count). The van der Waals surface area contributed by atoms with Gasteiger partial charge >= 0.3 is 196 Å². The van der Waals surface area contributed by atoms with Crippen molar-refractivity contribution in [1.29, 1.82) is 0 Å². The third kappa shape index (κ3) is 2.17. The second-order valence-electron chi connectivity index (χ2n) is 10.7. The first-order valence-corrected chi connectivity index (χ1v) is 11.8. The molecule has 1 aromatic heterocycles. The Morgan fingerprint density at radius 1 is 0.667 bits per heavy atom. The summed E-state index contributed by atoms with van der Waals surface area (Å²) in [6.45, 7) is 15.5. The zero-order valence-electron chi connectivity index (χ0n) is 19.7.